The van der Waals surface area contributed by atoms with Crippen molar-refractivity contribution in [1.29, 1.82) is 0 Å². The SMILES string of the molecule is CNCc1ccc2nc(-c3ccc(F)c(F)c3)oc2c1. The lowest BCUT2D eigenvalue weighted by Crippen LogP contribution is -2.04. The zero-order chi connectivity index (χ0) is 14.1. The summed E-state index contributed by atoms with van der Waals surface area (Å²) in [5, 5.41) is 3.05. The highest BCUT2D eigenvalue weighted by atomic mass is 19.2. The Morgan fingerprint density at radius 3 is 2.70 bits per heavy atom. The van der Waals surface area contributed by atoms with E-state index in [2.05, 4.69) is 10.3 Å². The van der Waals surface area contributed by atoms with Gasteiger partial charge in [-0.15, -0.1) is 0 Å². The number of oxazole rings is 1. The fourth-order valence-electron chi connectivity index (χ4n) is 2.04. The molecule has 0 fully saturated rings. The van der Waals surface area contributed by atoms with Gasteiger partial charge in [0.15, 0.2) is 17.2 Å². The molecule has 0 atom stereocenters. The number of benzene rings is 2. The number of rotatable bonds is 3. The first kappa shape index (κ1) is 12.7. The largest absolute Gasteiger partial charge is 0.436 e. The van der Waals surface area contributed by atoms with Crippen molar-refractivity contribution in [2.24, 2.45) is 0 Å². The fourth-order valence-corrected chi connectivity index (χ4v) is 2.04. The molecule has 0 aliphatic rings. The summed E-state index contributed by atoms with van der Waals surface area (Å²) >= 11 is 0. The third-order valence-electron chi connectivity index (χ3n) is 3.00. The Balaban J connectivity index is 2.05. The summed E-state index contributed by atoms with van der Waals surface area (Å²) in [4.78, 5) is 4.28. The van der Waals surface area contributed by atoms with Crippen LogP contribution >= 0.6 is 0 Å². The zero-order valence-electron chi connectivity index (χ0n) is 10.8. The van der Waals surface area contributed by atoms with Crippen LogP contribution in [0.1, 0.15) is 5.56 Å². The summed E-state index contributed by atoms with van der Waals surface area (Å²) in [5.41, 5.74) is 2.78. The molecule has 0 radical (unpaired) electrons. The molecule has 3 rings (SSSR count). The van der Waals surface area contributed by atoms with Gasteiger partial charge in [-0.3, -0.25) is 0 Å². The Morgan fingerprint density at radius 1 is 1.10 bits per heavy atom. The Kier molecular flexibility index (Phi) is 3.20. The smallest absolute Gasteiger partial charge is 0.227 e. The number of fused-ring (bicyclic) bond motifs is 1. The third kappa shape index (κ3) is 2.28. The minimum atomic E-state index is -0.916. The average molecular weight is 274 g/mol. The van der Waals surface area contributed by atoms with Crippen molar-refractivity contribution in [3.8, 4) is 11.5 Å². The minimum absolute atomic E-state index is 0.278. The number of halogens is 2. The van der Waals surface area contributed by atoms with Gasteiger partial charge < -0.3 is 9.73 Å². The minimum Gasteiger partial charge on any atom is -0.436 e. The van der Waals surface area contributed by atoms with E-state index in [9.17, 15) is 8.78 Å². The molecule has 0 saturated heterocycles. The van der Waals surface area contributed by atoms with Crippen LogP contribution in [0.5, 0.6) is 0 Å². The van der Waals surface area contributed by atoms with E-state index in [1.165, 1.54) is 6.07 Å². The number of aromatic nitrogens is 1. The summed E-state index contributed by atoms with van der Waals surface area (Å²) in [6, 6.07) is 9.24. The highest BCUT2D eigenvalue weighted by Gasteiger charge is 2.11. The van der Waals surface area contributed by atoms with Gasteiger partial charge in [0.1, 0.15) is 5.52 Å². The van der Waals surface area contributed by atoms with Crippen LogP contribution in [0, 0.1) is 11.6 Å². The summed E-state index contributed by atoms with van der Waals surface area (Å²) in [6.45, 7) is 0.719. The van der Waals surface area contributed by atoms with E-state index in [4.69, 9.17) is 4.42 Å². The Morgan fingerprint density at radius 2 is 1.95 bits per heavy atom. The molecule has 3 nitrogen and oxygen atoms in total. The molecule has 0 aliphatic carbocycles. The maximum Gasteiger partial charge on any atom is 0.227 e. The fraction of sp³-hybridized carbons (Fsp3) is 0.133. The van der Waals surface area contributed by atoms with Crippen LogP contribution in [-0.2, 0) is 6.54 Å². The average Bonchev–Trinajstić information content (AvgIpc) is 2.85. The topological polar surface area (TPSA) is 38.1 Å². The molecule has 1 N–H and O–H groups in total. The van der Waals surface area contributed by atoms with E-state index in [1.807, 2.05) is 25.2 Å². The Labute approximate surface area is 114 Å². The van der Waals surface area contributed by atoms with Crippen molar-refractivity contribution in [3.63, 3.8) is 0 Å². The summed E-state index contributed by atoms with van der Waals surface area (Å²) < 4.78 is 31.8. The molecule has 0 unspecified atom stereocenters. The van der Waals surface area contributed by atoms with Crippen molar-refractivity contribution in [1.82, 2.24) is 10.3 Å². The molecule has 5 heteroatoms. The van der Waals surface area contributed by atoms with Crippen molar-refractivity contribution in [2.75, 3.05) is 7.05 Å². The van der Waals surface area contributed by atoms with E-state index in [1.54, 1.807) is 0 Å². The molecule has 20 heavy (non-hydrogen) atoms. The normalized spacial score (nSPS) is 11.2. The van der Waals surface area contributed by atoms with E-state index in [0.29, 0.717) is 16.7 Å². The van der Waals surface area contributed by atoms with Crippen molar-refractivity contribution >= 4 is 11.1 Å². The number of nitrogens with one attached hydrogen (secondary N) is 1. The van der Waals surface area contributed by atoms with E-state index >= 15 is 0 Å². The highest BCUT2D eigenvalue weighted by molar-refractivity contribution is 5.76. The monoisotopic (exact) mass is 274 g/mol. The van der Waals surface area contributed by atoms with Gasteiger partial charge >= 0.3 is 0 Å². The molecule has 1 aromatic heterocycles. The lowest BCUT2D eigenvalue weighted by atomic mass is 10.2. The van der Waals surface area contributed by atoms with Gasteiger partial charge in [-0.05, 0) is 42.9 Å². The van der Waals surface area contributed by atoms with Crippen molar-refractivity contribution in [2.45, 2.75) is 6.54 Å². The van der Waals surface area contributed by atoms with Crippen molar-refractivity contribution in [3.05, 3.63) is 53.6 Å². The third-order valence-corrected chi connectivity index (χ3v) is 3.00. The molecular weight excluding hydrogens is 262 g/mol. The van der Waals surface area contributed by atoms with Crippen molar-refractivity contribution < 1.29 is 13.2 Å². The maximum absolute atomic E-state index is 13.2. The molecule has 1 heterocycles. The van der Waals surface area contributed by atoms with Crippen LogP contribution in [0.25, 0.3) is 22.6 Å². The van der Waals surface area contributed by atoms with E-state index in [0.717, 1.165) is 24.2 Å². The lowest BCUT2D eigenvalue weighted by molar-refractivity contribution is 0.508. The molecule has 0 saturated carbocycles. The first-order valence-corrected chi connectivity index (χ1v) is 6.17. The molecule has 2 aromatic carbocycles. The molecule has 0 amide bonds. The highest BCUT2D eigenvalue weighted by Crippen LogP contribution is 2.26. The first-order chi connectivity index (χ1) is 9.67. The van der Waals surface area contributed by atoms with Gasteiger partial charge in [0.25, 0.3) is 0 Å². The van der Waals surface area contributed by atoms with Crippen LogP contribution in [0.15, 0.2) is 40.8 Å². The molecule has 3 aromatic rings. The number of hydrogen-bond acceptors (Lipinski definition) is 3. The van der Waals surface area contributed by atoms with E-state index < -0.39 is 11.6 Å². The van der Waals surface area contributed by atoms with Crippen LogP contribution < -0.4 is 5.32 Å². The maximum atomic E-state index is 13.2. The second kappa shape index (κ2) is 5.02. The summed E-state index contributed by atoms with van der Waals surface area (Å²) in [6.07, 6.45) is 0. The predicted octanol–water partition coefficient (Wildman–Crippen LogP) is 3.49. The Hall–Kier alpha value is -2.27. The second-order valence-electron chi connectivity index (χ2n) is 4.48. The van der Waals surface area contributed by atoms with Gasteiger partial charge in [0.2, 0.25) is 5.89 Å². The van der Waals surface area contributed by atoms with Crippen LogP contribution in [-0.4, -0.2) is 12.0 Å². The Bertz CT molecular complexity index is 768. The lowest BCUT2D eigenvalue weighted by Gasteiger charge is -1.97. The molecule has 0 aliphatic heterocycles. The number of nitrogens with zero attached hydrogens (tertiary/aromatic N) is 1. The van der Waals surface area contributed by atoms with Gasteiger partial charge in [-0.2, -0.15) is 0 Å². The summed E-state index contributed by atoms with van der Waals surface area (Å²) in [7, 11) is 1.86. The molecular formula is C15H12F2N2O. The standard InChI is InChI=1S/C15H12F2N2O/c1-18-8-9-2-5-13-14(6-9)20-15(19-13)10-3-4-11(16)12(17)7-10/h2-7,18H,8H2,1H3. The van der Waals surface area contributed by atoms with Crippen LogP contribution in [0.4, 0.5) is 8.78 Å². The molecule has 0 bridgehead atoms. The van der Waals surface area contributed by atoms with Crippen LogP contribution in [0.2, 0.25) is 0 Å². The molecule has 102 valence electrons. The molecule has 0 spiro atoms. The van der Waals surface area contributed by atoms with Gasteiger partial charge in [-0.25, -0.2) is 13.8 Å². The first-order valence-electron chi connectivity index (χ1n) is 6.17. The van der Waals surface area contributed by atoms with Gasteiger partial charge in [-0.1, -0.05) is 6.07 Å². The van der Waals surface area contributed by atoms with Gasteiger partial charge in [0, 0.05) is 12.1 Å². The quantitative estimate of drug-likeness (QED) is 0.794. The zero-order valence-corrected chi connectivity index (χ0v) is 10.8. The number of hydrogen-bond donors (Lipinski definition) is 1. The predicted molar refractivity (Wildman–Crippen MR) is 72.1 cm³/mol. The summed E-state index contributed by atoms with van der Waals surface area (Å²) in [5.74, 6) is -1.53. The second-order valence-corrected chi connectivity index (χ2v) is 4.48. The van der Waals surface area contributed by atoms with E-state index in [-0.39, 0.29) is 5.89 Å². The van der Waals surface area contributed by atoms with Crippen LogP contribution in [0.3, 0.4) is 0 Å². The van der Waals surface area contributed by atoms with Gasteiger partial charge in [0.05, 0.1) is 0 Å².